The number of rotatable bonds is 2. The van der Waals surface area contributed by atoms with Gasteiger partial charge in [-0.05, 0) is 30.9 Å². The first kappa shape index (κ1) is 23.4. The Morgan fingerprint density at radius 1 is 1.12 bits per heavy atom. The molecule has 180 valence electrons. The van der Waals surface area contributed by atoms with Crippen molar-refractivity contribution in [3.8, 4) is 5.75 Å². The number of fused-ring (bicyclic) bond motifs is 4. The van der Waals surface area contributed by atoms with Crippen molar-refractivity contribution in [2.45, 2.75) is 63.1 Å². The maximum absolute atomic E-state index is 13.7. The Balaban J connectivity index is 1.64. The molecule has 1 saturated carbocycles. The summed E-state index contributed by atoms with van der Waals surface area (Å²) in [5, 5.41) is 12.7. The number of nitrogens with one attached hydrogen (secondary N) is 1. The number of benzene rings is 1. The van der Waals surface area contributed by atoms with Crippen LogP contribution < -0.4 is 15.0 Å². The molecule has 3 atom stereocenters. The molecule has 2 N–H and O–H groups in total. The van der Waals surface area contributed by atoms with E-state index in [1.54, 1.807) is 13.1 Å². The minimum absolute atomic E-state index is 0.0217. The molecule has 2 heterocycles. The number of urea groups is 1. The minimum atomic E-state index is -1.04. The number of carbonyl (C=O) groups is 3. The van der Waals surface area contributed by atoms with E-state index in [0.29, 0.717) is 31.1 Å². The lowest BCUT2D eigenvalue weighted by atomic mass is 9.83. The molecule has 2 fully saturated rings. The Hall–Kier alpha value is -2.81. The Kier molecular flexibility index (Phi) is 7.37. The van der Waals surface area contributed by atoms with E-state index in [1.165, 1.54) is 9.80 Å². The van der Waals surface area contributed by atoms with Gasteiger partial charge in [-0.25, -0.2) is 9.59 Å². The number of nitrogens with zero attached hydrogens (tertiary/aromatic N) is 2. The second kappa shape index (κ2) is 10.4. The largest absolute Gasteiger partial charge is 0.493 e. The Bertz CT molecular complexity index is 872. The normalized spacial score (nSPS) is 27.7. The molecule has 9 heteroatoms. The van der Waals surface area contributed by atoms with E-state index in [2.05, 4.69) is 5.32 Å². The van der Waals surface area contributed by atoms with E-state index in [0.717, 1.165) is 32.1 Å². The first-order valence-corrected chi connectivity index (χ1v) is 11.9. The number of carboxylic acids is 1. The maximum atomic E-state index is 13.7. The number of amides is 3. The van der Waals surface area contributed by atoms with Crippen LogP contribution in [0.3, 0.4) is 0 Å². The highest BCUT2D eigenvalue weighted by molar-refractivity contribution is 5.96. The van der Waals surface area contributed by atoms with Crippen LogP contribution in [0.1, 0.15) is 44.9 Å². The molecule has 1 aromatic rings. The SMILES string of the molecule is CN1C(=O)N[C@@H](C2CCCCC2)C(=O)N2C[C@@H](C[C@H]2C(=O)O)OCCCOc2cccc1c2. The van der Waals surface area contributed by atoms with Crippen LogP contribution in [-0.4, -0.2) is 72.9 Å². The van der Waals surface area contributed by atoms with Crippen LogP contribution in [0.15, 0.2) is 24.3 Å². The Labute approximate surface area is 194 Å². The van der Waals surface area contributed by atoms with Crippen molar-refractivity contribution in [2.75, 3.05) is 31.7 Å². The third kappa shape index (κ3) is 5.40. The summed E-state index contributed by atoms with van der Waals surface area (Å²) in [6.45, 7) is 1.06. The fourth-order valence-corrected chi connectivity index (χ4v) is 5.05. The molecule has 0 spiro atoms. The summed E-state index contributed by atoms with van der Waals surface area (Å²) in [6, 6.07) is 5.13. The highest BCUT2D eigenvalue weighted by Gasteiger charge is 2.44. The van der Waals surface area contributed by atoms with Gasteiger partial charge in [-0.3, -0.25) is 9.69 Å². The predicted octanol–water partition coefficient (Wildman–Crippen LogP) is 2.63. The number of hydrogen-bond acceptors (Lipinski definition) is 5. The van der Waals surface area contributed by atoms with Crippen molar-refractivity contribution < 1.29 is 29.0 Å². The van der Waals surface area contributed by atoms with Gasteiger partial charge in [0, 0.05) is 38.2 Å². The predicted molar refractivity (Wildman–Crippen MR) is 121 cm³/mol. The fourth-order valence-electron chi connectivity index (χ4n) is 5.05. The highest BCUT2D eigenvalue weighted by Crippen LogP contribution is 2.30. The number of aliphatic carboxylic acids is 1. The zero-order valence-corrected chi connectivity index (χ0v) is 19.1. The summed E-state index contributed by atoms with van der Waals surface area (Å²) in [6.07, 6.45) is 5.28. The van der Waals surface area contributed by atoms with Gasteiger partial charge in [0.05, 0.1) is 19.3 Å². The second-order valence-corrected chi connectivity index (χ2v) is 9.16. The molecule has 0 unspecified atom stereocenters. The molecule has 0 aromatic heterocycles. The van der Waals surface area contributed by atoms with Gasteiger partial charge < -0.3 is 24.8 Å². The van der Waals surface area contributed by atoms with Gasteiger partial charge in [-0.2, -0.15) is 0 Å². The number of hydrogen-bond donors (Lipinski definition) is 2. The van der Waals surface area contributed by atoms with E-state index in [1.807, 2.05) is 18.2 Å². The number of ether oxygens (including phenoxy) is 2. The van der Waals surface area contributed by atoms with Crippen molar-refractivity contribution >= 4 is 23.6 Å². The highest BCUT2D eigenvalue weighted by atomic mass is 16.5. The van der Waals surface area contributed by atoms with Gasteiger partial charge in [0.2, 0.25) is 5.91 Å². The molecule has 1 aliphatic carbocycles. The van der Waals surface area contributed by atoms with E-state index in [-0.39, 0.29) is 30.9 Å². The molecule has 1 saturated heterocycles. The summed E-state index contributed by atoms with van der Waals surface area (Å²) in [5.41, 5.74) is 0.646. The molecule has 3 aliphatic rings. The van der Waals surface area contributed by atoms with Crippen molar-refractivity contribution in [3.05, 3.63) is 24.3 Å². The zero-order valence-electron chi connectivity index (χ0n) is 19.1. The quantitative estimate of drug-likeness (QED) is 0.704. The third-order valence-electron chi connectivity index (χ3n) is 6.92. The number of carbonyl (C=O) groups excluding carboxylic acids is 2. The second-order valence-electron chi connectivity index (χ2n) is 9.16. The maximum Gasteiger partial charge on any atom is 0.326 e. The van der Waals surface area contributed by atoms with Gasteiger partial charge in [0.1, 0.15) is 17.8 Å². The van der Waals surface area contributed by atoms with Gasteiger partial charge in [0.25, 0.3) is 0 Å². The average molecular weight is 460 g/mol. The van der Waals surface area contributed by atoms with Crippen LogP contribution in [0.2, 0.25) is 0 Å². The van der Waals surface area contributed by atoms with E-state index in [4.69, 9.17) is 9.47 Å². The van der Waals surface area contributed by atoms with Crippen LogP contribution in [0.5, 0.6) is 5.75 Å². The molecule has 9 nitrogen and oxygen atoms in total. The number of anilines is 1. The summed E-state index contributed by atoms with van der Waals surface area (Å²) >= 11 is 0. The van der Waals surface area contributed by atoms with E-state index < -0.39 is 24.1 Å². The van der Waals surface area contributed by atoms with Crippen molar-refractivity contribution in [1.82, 2.24) is 10.2 Å². The average Bonchev–Trinajstić information content (AvgIpc) is 3.26. The summed E-state index contributed by atoms with van der Waals surface area (Å²) in [4.78, 5) is 41.7. The molecule has 33 heavy (non-hydrogen) atoms. The molecular formula is C24H33N3O6. The van der Waals surface area contributed by atoms with Crippen LogP contribution in [0.25, 0.3) is 0 Å². The summed E-state index contributed by atoms with van der Waals surface area (Å²) < 4.78 is 11.7. The lowest BCUT2D eigenvalue weighted by molar-refractivity contribution is -0.149. The van der Waals surface area contributed by atoms with Crippen molar-refractivity contribution in [3.63, 3.8) is 0 Å². The smallest absolute Gasteiger partial charge is 0.326 e. The molecular weight excluding hydrogens is 426 g/mol. The van der Waals surface area contributed by atoms with E-state index in [9.17, 15) is 19.5 Å². The standard InChI is InChI=1S/C24H33N3O6/c1-26-17-9-5-10-18(13-17)32-11-6-12-33-19-14-20(23(29)30)27(15-19)22(28)21(25-24(26)31)16-7-3-2-4-8-16/h5,9-10,13,16,19-21H,2-4,6-8,11-12,14-15H2,1H3,(H,25,31)(H,29,30)/t19-,20+,21+/m1/s1. The topological polar surface area (TPSA) is 108 Å². The molecule has 2 aliphatic heterocycles. The monoisotopic (exact) mass is 459 g/mol. The molecule has 1 aromatic carbocycles. The van der Waals surface area contributed by atoms with E-state index >= 15 is 0 Å². The first-order valence-electron chi connectivity index (χ1n) is 11.9. The van der Waals surface area contributed by atoms with Crippen LogP contribution >= 0.6 is 0 Å². The van der Waals surface area contributed by atoms with Crippen molar-refractivity contribution in [2.24, 2.45) is 5.92 Å². The Morgan fingerprint density at radius 3 is 2.67 bits per heavy atom. The van der Waals surface area contributed by atoms with Gasteiger partial charge in [-0.1, -0.05) is 25.3 Å². The first-order chi connectivity index (χ1) is 15.9. The number of carboxylic acid groups (broad SMARTS) is 1. The van der Waals surface area contributed by atoms with Crippen LogP contribution in [0.4, 0.5) is 10.5 Å². The lowest BCUT2D eigenvalue weighted by Gasteiger charge is -2.35. The lowest BCUT2D eigenvalue weighted by Crippen LogP contribution is -2.57. The van der Waals surface area contributed by atoms with Gasteiger partial charge in [-0.15, -0.1) is 0 Å². The van der Waals surface area contributed by atoms with Crippen molar-refractivity contribution in [1.29, 1.82) is 0 Å². The third-order valence-corrected chi connectivity index (χ3v) is 6.92. The van der Waals surface area contributed by atoms with Gasteiger partial charge in [0.15, 0.2) is 0 Å². The van der Waals surface area contributed by atoms with Crippen LogP contribution in [0, 0.1) is 5.92 Å². The van der Waals surface area contributed by atoms with Crippen LogP contribution in [-0.2, 0) is 14.3 Å². The summed E-state index contributed by atoms with van der Waals surface area (Å²) in [5.74, 6) is -0.743. The Morgan fingerprint density at radius 2 is 1.91 bits per heavy atom. The minimum Gasteiger partial charge on any atom is -0.493 e. The molecule has 4 bridgehead atoms. The fraction of sp³-hybridized carbons (Fsp3) is 0.625. The molecule has 3 amide bonds. The molecule has 4 rings (SSSR count). The van der Waals surface area contributed by atoms with Gasteiger partial charge >= 0.3 is 12.0 Å². The molecule has 0 radical (unpaired) electrons. The zero-order chi connectivity index (χ0) is 23.4. The summed E-state index contributed by atoms with van der Waals surface area (Å²) in [7, 11) is 1.65.